The number of aliphatic hydroxyl groups is 1. The Morgan fingerprint density at radius 1 is 1.14 bits per heavy atom. The van der Waals surface area contributed by atoms with Crippen LogP contribution in [0, 0.1) is 0 Å². The molecule has 1 heterocycles. The Labute approximate surface area is 161 Å². The topological polar surface area (TPSA) is 86.0 Å². The molecular formula is C22H20O6. The summed E-state index contributed by atoms with van der Waals surface area (Å²) in [7, 11) is 0. The summed E-state index contributed by atoms with van der Waals surface area (Å²) in [4.78, 5) is 23.8. The first-order valence-corrected chi connectivity index (χ1v) is 9.07. The van der Waals surface area contributed by atoms with Gasteiger partial charge in [0.05, 0.1) is 12.2 Å². The van der Waals surface area contributed by atoms with Gasteiger partial charge in [0.2, 0.25) is 0 Å². The van der Waals surface area contributed by atoms with E-state index in [1.807, 2.05) is 19.9 Å². The molecule has 1 aliphatic carbocycles. The SMILES string of the molecule is CC1(C)c2cc(OCCCO)ccc2C(=O)c2c1oc1cc(OC=O)ccc21. The van der Waals surface area contributed by atoms with E-state index in [4.69, 9.17) is 19.0 Å². The molecule has 0 saturated heterocycles. The van der Waals surface area contributed by atoms with Crippen molar-refractivity contribution in [2.75, 3.05) is 13.2 Å². The van der Waals surface area contributed by atoms with Crippen molar-refractivity contribution in [3.05, 3.63) is 58.8 Å². The van der Waals surface area contributed by atoms with E-state index in [2.05, 4.69) is 0 Å². The molecule has 2 aromatic carbocycles. The van der Waals surface area contributed by atoms with Crippen molar-refractivity contribution < 1.29 is 28.6 Å². The largest absolute Gasteiger partial charge is 0.493 e. The first-order valence-electron chi connectivity index (χ1n) is 9.07. The molecule has 0 saturated carbocycles. The van der Waals surface area contributed by atoms with Crippen molar-refractivity contribution in [2.45, 2.75) is 25.7 Å². The molecular weight excluding hydrogens is 360 g/mol. The van der Waals surface area contributed by atoms with E-state index >= 15 is 0 Å². The van der Waals surface area contributed by atoms with Crippen LogP contribution in [0.4, 0.5) is 0 Å². The predicted octanol–water partition coefficient (Wildman–Crippen LogP) is 3.60. The number of hydrogen-bond acceptors (Lipinski definition) is 6. The van der Waals surface area contributed by atoms with Crippen LogP contribution in [0.5, 0.6) is 11.5 Å². The summed E-state index contributed by atoms with van der Waals surface area (Å²) >= 11 is 0. The molecule has 28 heavy (non-hydrogen) atoms. The van der Waals surface area contributed by atoms with Gasteiger partial charge in [0, 0.05) is 35.5 Å². The van der Waals surface area contributed by atoms with Crippen LogP contribution in [0.2, 0.25) is 0 Å². The number of ketones is 1. The summed E-state index contributed by atoms with van der Waals surface area (Å²) in [6.07, 6.45) is 0.540. The molecule has 1 aliphatic rings. The maximum absolute atomic E-state index is 13.2. The normalized spacial score (nSPS) is 14.5. The summed E-state index contributed by atoms with van der Waals surface area (Å²) in [5.41, 5.74) is 1.93. The minimum atomic E-state index is -0.556. The second kappa shape index (κ2) is 6.80. The lowest BCUT2D eigenvalue weighted by Gasteiger charge is -2.30. The van der Waals surface area contributed by atoms with Crippen LogP contribution in [0.25, 0.3) is 11.0 Å². The number of carbonyl (C=O) groups is 2. The van der Waals surface area contributed by atoms with Gasteiger partial charge in [0.15, 0.2) is 5.78 Å². The summed E-state index contributed by atoms with van der Waals surface area (Å²) < 4.78 is 16.6. The monoisotopic (exact) mass is 380 g/mol. The van der Waals surface area contributed by atoms with Gasteiger partial charge in [0.1, 0.15) is 22.8 Å². The summed E-state index contributed by atoms with van der Waals surface area (Å²) in [6, 6.07) is 10.4. The minimum Gasteiger partial charge on any atom is -0.493 e. The smallest absolute Gasteiger partial charge is 0.298 e. The summed E-state index contributed by atoms with van der Waals surface area (Å²) in [6.45, 7) is 4.82. The molecule has 144 valence electrons. The molecule has 6 heteroatoms. The van der Waals surface area contributed by atoms with E-state index in [0.29, 0.717) is 58.9 Å². The van der Waals surface area contributed by atoms with Crippen molar-refractivity contribution in [3.63, 3.8) is 0 Å². The summed E-state index contributed by atoms with van der Waals surface area (Å²) in [5, 5.41) is 9.62. The average molecular weight is 380 g/mol. The molecule has 1 aromatic heterocycles. The minimum absolute atomic E-state index is 0.0626. The van der Waals surface area contributed by atoms with Gasteiger partial charge in [-0.3, -0.25) is 9.59 Å². The highest BCUT2D eigenvalue weighted by Gasteiger charge is 2.41. The fraction of sp³-hybridized carbons (Fsp3) is 0.273. The number of fused-ring (bicyclic) bond motifs is 4. The van der Waals surface area contributed by atoms with Crippen molar-refractivity contribution in [2.24, 2.45) is 0 Å². The van der Waals surface area contributed by atoms with E-state index in [1.165, 1.54) is 0 Å². The lowest BCUT2D eigenvalue weighted by atomic mass is 9.71. The molecule has 0 radical (unpaired) electrons. The van der Waals surface area contributed by atoms with Crippen molar-refractivity contribution in [1.29, 1.82) is 0 Å². The van der Waals surface area contributed by atoms with Crippen LogP contribution < -0.4 is 9.47 Å². The Kier molecular flexibility index (Phi) is 4.43. The second-order valence-electron chi connectivity index (χ2n) is 7.27. The third-order valence-corrected chi connectivity index (χ3v) is 5.12. The number of furan rings is 1. The third-order valence-electron chi connectivity index (χ3n) is 5.12. The summed E-state index contributed by atoms with van der Waals surface area (Å²) in [5.74, 6) is 1.48. The maximum atomic E-state index is 13.2. The van der Waals surface area contributed by atoms with Crippen molar-refractivity contribution in [3.8, 4) is 11.5 Å². The van der Waals surface area contributed by atoms with Crippen molar-refractivity contribution >= 4 is 23.2 Å². The van der Waals surface area contributed by atoms with Gasteiger partial charge in [-0.1, -0.05) is 0 Å². The standard InChI is InChI=1S/C22H20O6/c1-22(2)17-10-13(26-9-3-8-23)4-6-15(17)20(25)19-16-7-5-14(27-12-24)11-18(16)28-21(19)22/h4-7,10-12,23H,3,8-9H2,1-2H3. The Balaban J connectivity index is 1.83. The van der Waals surface area contributed by atoms with E-state index in [1.54, 1.807) is 30.3 Å². The number of benzene rings is 2. The Morgan fingerprint density at radius 2 is 1.93 bits per heavy atom. The van der Waals surface area contributed by atoms with Crippen molar-refractivity contribution in [1.82, 2.24) is 0 Å². The molecule has 6 nitrogen and oxygen atoms in total. The first-order chi connectivity index (χ1) is 13.5. The molecule has 4 rings (SSSR count). The number of aliphatic hydroxyl groups excluding tert-OH is 1. The fourth-order valence-corrected chi connectivity index (χ4v) is 3.71. The number of carbonyl (C=O) groups excluding carboxylic acids is 2. The van der Waals surface area contributed by atoms with Crippen LogP contribution in [-0.2, 0) is 10.2 Å². The zero-order valence-electron chi connectivity index (χ0n) is 15.7. The molecule has 0 atom stereocenters. The van der Waals surface area contributed by atoms with Gasteiger partial charge in [-0.25, -0.2) is 0 Å². The zero-order chi connectivity index (χ0) is 19.9. The fourth-order valence-electron chi connectivity index (χ4n) is 3.71. The Morgan fingerprint density at radius 3 is 2.68 bits per heavy atom. The number of hydrogen-bond donors (Lipinski definition) is 1. The van der Waals surface area contributed by atoms with Gasteiger partial charge in [0.25, 0.3) is 6.47 Å². The highest BCUT2D eigenvalue weighted by molar-refractivity contribution is 6.19. The van der Waals surface area contributed by atoms with Crippen LogP contribution in [0.15, 0.2) is 40.8 Å². The lowest BCUT2D eigenvalue weighted by Crippen LogP contribution is -2.29. The maximum Gasteiger partial charge on any atom is 0.298 e. The molecule has 0 amide bonds. The average Bonchev–Trinajstić information content (AvgIpc) is 3.07. The molecule has 0 bridgehead atoms. The van der Waals surface area contributed by atoms with E-state index < -0.39 is 5.41 Å². The number of ether oxygens (including phenoxy) is 2. The highest BCUT2D eigenvalue weighted by atomic mass is 16.5. The zero-order valence-corrected chi connectivity index (χ0v) is 15.7. The van der Waals surface area contributed by atoms with Crippen LogP contribution in [0.1, 0.15) is 47.5 Å². The lowest BCUT2D eigenvalue weighted by molar-refractivity contribution is -0.120. The Hall–Kier alpha value is -3.12. The van der Waals surface area contributed by atoms with Crippen LogP contribution in [0.3, 0.4) is 0 Å². The van der Waals surface area contributed by atoms with Gasteiger partial charge < -0.3 is 19.0 Å². The molecule has 3 aromatic rings. The molecule has 1 N–H and O–H groups in total. The Bertz CT molecular complexity index is 1080. The number of rotatable bonds is 6. The van der Waals surface area contributed by atoms with Gasteiger partial charge in [-0.05, 0) is 49.7 Å². The molecule has 0 spiro atoms. The molecule has 0 fully saturated rings. The predicted molar refractivity (Wildman–Crippen MR) is 102 cm³/mol. The second-order valence-corrected chi connectivity index (χ2v) is 7.27. The third kappa shape index (κ3) is 2.77. The van der Waals surface area contributed by atoms with Crippen LogP contribution in [-0.4, -0.2) is 30.6 Å². The van der Waals surface area contributed by atoms with Gasteiger partial charge in [-0.2, -0.15) is 0 Å². The van der Waals surface area contributed by atoms with Gasteiger partial charge in [-0.15, -0.1) is 0 Å². The highest BCUT2D eigenvalue weighted by Crippen LogP contribution is 2.46. The first kappa shape index (κ1) is 18.3. The van der Waals surface area contributed by atoms with E-state index in [-0.39, 0.29) is 12.4 Å². The van der Waals surface area contributed by atoms with E-state index in [0.717, 1.165) is 5.56 Å². The quantitative estimate of drug-likeness (QED) is 0.519. The van der Waals surface area contributed by atoms with Crippen LogP contribution >= 0.6 is 0 Å². The molecule has 0 unspecified atom stereocenters. The van der Waals surface area contributed by atoms with Gasteiger partial charge >= 0.3 is 0 Å². The molecule has 0 aliphatic heterocycles. The van der Waals surface area contributed by atoms with E-state index in [9.17, 15) is 9.59 Å².